The first kappa shape index (κ1) is 18.0. The van der Waals surface area contributed by atoms with Crippen LogP contribution in [-0.4, -0.2) is 41.0 Å². The number of carboxylic acids is 1. The molecule has 3 N–H and O–H groups in total. The quantitative estimate of drug-likeness (QED) is 0.720. The predicted molar refractivity (Wildman–Crippen MR) is 82.8 cm³/mol. The Morgan fingerprint density at radius 1 is 1.33 bits per heavy atom. The van der Waals surface area contributed by atoms with Crippen LogP contribution in [0.2, 0.25) is 0 Å². The van der Waals surface area contributed by atoms with E-state index in [1.807, 2.05) is 11.8 Å². The van der Waals surface area contributed by atoms with E-state index in [4.69, 9.17) is 10.8 Å². The standard InChI is InChI=1S/C16H30N2O3/c1-3-4-13(7-9-17)5-6-15(19)18-10-8-14(16(20)21)11-12(18)2/h12-14H,3-11,17H2,1-2H3,(H,20,21). The first-order valence-corrected chi connectivity index (χ1v) is 8.21. The third kappa shape index (κ3) is 5.65. The summed E-state index contributed by atoms with van der Waals surface area (Å²) in [6.45, 7) is 5.37. The van der Waals surface area contributed by atoms with Crippen LogP contribution in [-0.2, 0) is 9.59 Å². The normalized spacial score (nSPS) is 23.9. The molecule has 0 spiro atoms. The summed E-state index contributed by atoms with van der Waals surface area (Å²) in [5.74, 6) is -0.325. The minimum Gasteiger partial charge on any atom is -0.481 e. The molecule has 0 radical (unpaired) electrons. The van der Waals surface area contributed by atoms with Crippen LogP contribution in [0.15, 0.2) is 0 Å². The highest BCUT2D eigenvalue weighted by Crippen LogP contribution is 2.25. The van der Waals surface area contributed by atoms with Crippen molar-refractivity contribution < 1.29 is 14.7 Å². The van der Waals surface area contributed by atoms with Gasteiger partial charge in [0.2, 0.25) is 5.91 Å². The Morgan fingerprint density at radius 2 is 2.05 bits per heavy atom. The number of carbonyl (C=O) groups excluding carboxylic acids is 1. The van der Waals surface area contributed by atoms with Crippen LogP contribution in [0.25, 0.3) is 0 Å². The van der Waals surface area contributed by atoms with Gasteiger partial charge in [0.1, 0.15) is 0 Å². The number of carbonyl (C=O) groups is 2. The van der Waals surface area contributed by atoms with Crippen molar-refractivity contribution in [3.63, 3.8) is 0 Å². The predicted octanol–water partition coefficient (Wildman–Crippen LogP) is 2.24. The molecular formula is C16H30N2O3. The van der Waals surface area contributed by atoms with Crippen molar-refractivity contribution in [2.45, 2.75) is 64.8 Å². The summed E-state index contributed by atoms with van der Waals surface area (Å²) in [4.78, 5) is 25.2. The highest BCUT2D eigenvalue weighted by molar-refractivity contribution is 5.77. The van der Waals surface area contributed by atoms with Crippen LogP contribution in [0.3, 0.4) is 0 Å². The van der Waals surface area contributed by atoms with Crippen LogP contribution in [0.4, 0.5) is 0 Å². The topological polar surface area (TPSA) is 83.6 Å². The fraction of sp³-hybridized carbons (Fsp3) is 0.875. The SMILES string of the molecule is CCCC(CCN)CCC(=O)N1CCC(C(=O)O)CC1C. The molecule has 1 amide bonds. The van der Waals surface area contributed by atoms with E-state index >= 15 is 0 Å². The monoisotopic (exact) mass is 298 g/mol. The molecule has 0 aromatic heterocycles. The Kier molecular flexibility index (Phi) is 7.72. The van der Waals surface area contributed by atoms with Gasteiger partial charge < -0.3 is 15.7 Å². The molecule has 5 nitrogen and oxygen atoms in total. The molecule has 0 saturated carbocycles. The zero-order valence-electron chi connectivity index (χ0n) is 13.4. The highest BCUT2D eigenvalue weighted by Gasteiger charge is 2.32. The summed E-state index contributed by atoms with van der Waals surface area (Å²) in [7, 11) is 0. The van der Waals surface area contributed by atoms with Gasteiger partial charge in [0, 0.05) is 19.0 Å². The van der Waals surface area contributed by atoms with E-state index in [-0.39, 0.29) is 17.9 Å². The van der Waals surface area contributed by atoms with Gasteiger partial charge in [-0.3, -0.25) is 9.59 Å². The van der Waals surface area contributed by atoms with E-state index in [1.54, 1.807) is 0 Å². The molecule has 1 aliphatic heterocycles. The Balaban J connectivity index is 2.43. The Bertz CT molecular complexity index is 340. The third-order valence-corrected chi connectivity index (χ3v) is 4.58. The maximum Gasteiger partial charge on any atom is 0.306 e. The number of carboxylic acid groups (broad SMARTS) is 1. The third-order valence-electron chi connectivity index (χ3n) is 4.58. The van der Waals surface area contributed by atoms with Crippen LogP contribution < -0.4 is 5.73 Å². The molecule has 0 bridgehead atoms. The molecule has 1 aliphatic rings. The fourth-order valence-electron chi connectivity index (χ4n) is 3.32. The van der Waals surface area contributed by atoms with E-state index in [0.29, 0.717) is 38.3 Å². The smallest absolute Gasteiger partial charge is 0.306 e. The number of likely N-dealkylation sites (tertiary alicyclic amines) is 1. The molecular weight excluding hydrogens is 268 g/mol. The second-order valence-corrected chi connectivity index (χ2v) is 6.27. The summed E-state index contributed by atoms with van der Waals surface area (Å²) in [5, 5.41) is 9.06. The minimum atomic E-state index is -0.736. The number of nitrogens with two attached hydrogens (primary N) is 1. The van der Waals surface area contributed by atoms with Crippen LogP contribution in [0.5, 0.6) is 0 Å². The summed E-state index contributed by atoms with van der Waals surface area (Å²) in [6.07, 6.45) is 5.84. The van der Waals surface area contributed by atoms with Crippen molar-refractivity contribution in [3.05, 3.63) is 0 Å². The highest BCUT2D eigenvalue weighted by atomic mass is 16.4. The van der Waals surface area contributed by atoms with Crippen molar-refractivity contribution in [3.8, 4) is 0 Å². The van der Waals surface area contributed by atoms with Crippen molar-refractivity contribution in [1.29, 1.82) is 0 Å². The molecule has 1 saturated heterocycles. The molecule has 5 heteroatoms. The lowest BCUT2D eigenvalue weighted by Crippen LogP contribution is -2.46. The molecule has 1 rings (SSSR count). The summed E-state index contributed by atoms with van der Waals surface area (Å²) in [5.41, 5.74) is 5.62. The lowest BCUT2D eigenvalue weighted by Gasteiger charge is -2.36. The van der Waals surface area contributed by atoms with Gasteiger partial charge in [-0.1, -0.05) is 19.8 Å². The van der Waals surface area contributed by atoms with E-state index in [9.17, 15) is 9.59 Å². The van der Waals surface area contributed by atoms with Crippen LogP contribution in [0.1, 0.15) is 58.8 Å². The second-order valence-electron chi connectivity index (χ2n) is 6.27. The van der Waals surface area contributed by atoms with E-state index in [2.05, 4.69) is 6.92 Å². The number of hydrogen-bond acceptors (Lipinski definition) is 3. The second kappa shape index (κ2) is 9.03. The average molecular weight is 298 g/mol. The first-order valence-electron chi connectivity index (χ1n) is 8.21. The lowest BCUT2D eigenvalue weighted by atomic mass is 9.90. The first-order chi connectivity index (χ1) is 9.99. The van der Waals surface area contributed by atoms with Crippen molar-refractivity contribution in [1.82, 2.24) is 4.90 Å². The number of rotatable bonds is 8. The van der Waals surface area contributed by atoms with Gasteiger partial charge in [-0.15, -0.1) is 0 Å². The number of hydrogen-bond donors (Lipinski definition) is 2. The maximum absolute atomic E-state index is 12.3. The van der Waals surface area contributed by atoms with Crippen LogP contribution >= 0.6 is 0 Å². The molecule has 0 aliphatic carbocycles. The molecule has 122 valence electrons. The van der Waals surface area contributed by atoms with Crippen molar-refractivity contribution in [2.75, 3.05) is 13.1 Å². The molecule has 21 heavy (non-hydrogen) atoms. The van der Waals surface area contributed by atoms with E-state index in [1.165, 1.54) is 0 Å². The number of aliphatic carboxylic acids is 1. The van der Waals surface area contributed by atoms with Gasteiger partial charge in [0.05, 0.1) is 5.92 Å². The molecule has 0 aromatic rings. The fourth-order valence-corrected chi connectivity index (χ4v) is 3.32. The Morgan fingerprint density at radius 3 is 2.57 bits per heavy atom. The molecule has 3 unspecified atom stereocenters. The Labute approximate surface area is 127 Å². The number of nitrogens with zero attached hydrogens (tertiary/aromatic N) is 1. The van der Waals surface area contributed by atoms with E-state index < -0.39 is 5.97 Å². The average Bonchev–Trinajstić information content (AvgIpc) is 2.44. The number of amides is 1. The van der Waals surface area contributed by atoms with Gasteiger partial charge in [0.25, 0.3) is 0 Å². The van der Waals surface area contributed by atoms with Crippen molar-refractivity contribution >= 4 is 11.9 Å². The zero-order valence-corrected chi connectivity index (χ0v) is 13.4. The Hall–Kier alpha value is -1.10. The van der Waals surface area contributed by atoms with Crippen LogP contribution in [0, 0.1) is 11.8 Å². The van der Waals surface area contributed by atoms with Gasteiger partial charge in [-0.25, -0.2) is 0 Å². The van der Waals surface area contributed by atoms with E-state index in [0.717, 1.165) is 25.7 Å². The van der Waals surface area contributed by atoms with Gasteiger partial charge in [-0.2, -0.15) is 0 Å². The summed E-state index contributed by atoms with van der Waals surface area (Å²) >= 11 is 0. The van der Waals surface area contributed by atoms with Gasteiger partial charge >= 0.3 is 5.97 Å². The lowest BCUT2D eigenvalue weighted by molar-refractivity contribution is -0.147. The molecule has 0 aromatic carbocycles. The summed E-state index contributed by atoms with van der Waals surface area (Å²) in [6, 6.07) is 0.0338. The molecule has 3 atom stereocenters. The number of piperidine rings is 1. The molecule has 1 fully saturated rings. The maximum atomic E-state index is 12.3. The minimum absolute atomic E-state index is 0.0338. The van der Waals surface area contributed by atoms with Gasteiger partial charge in [-0.05, 0) is 45.1 Å². The summed E-state index contributed by atoms with van der Waals surface area (Å²) < 4.78 is 0. The zero-order chi connectivity index (χ0) is 15.8. The largest absolute Gasteiger partial charge is 0.481 e. The molecule has 1 heterocycles. The van der Waals surface area contributed by atoms with Gasteiger partial charge in [0.15, 0.2) is 0 Å². The van der Waals surface area contributed by atoms with Crippen molar-refractivity contribution in [2.24, 2.45) is 17.6 Å².